The van der Waals surface area contributed by atoms with Crippen LogP contribution in [0, 0.1) is 46.5 Å². The van der Waals surface area contributed by atoms with Crippen LogP contribution in [0.2, 0.25) is 0 Å². The number of allylic oxidation sites excluding steroid dienone is 5. The summed E-state index contributed by atoms with van der Waals surface area (Å²) in [7, 11) is -17.3. The Labute approximate surface area is 617 Å². The van der Waals surface area contributed by atoms with Gasteiger partial charge < -0.3 is 4.40 Å². The van der Waals surface area contributed by atoms with Gasteiger partial charge in [0.15, 0.2) is 29.7 Å². The first-order valence-electron chi connectivity index (χ1n) is 33.1. The highest BCUT2D eigenvalue weighted by atomic mass is 32.2. The van der Waals surface area contributed by atoms with Crippen molar-refractivity contribution >= 4 is 83.6 Å². The van der Waals surface area contributed by atoms with Gasteiger partial charge in [0.2, 0.25) is 33.9 Å². The molecule has 10 aromatic heterocycles. The summed E-state index contributed by atoms with van der Waals surface area (Å²) in [6.07, 6.45) is 12.5. The number of rotatable bonds is 20. The molecule has 0 amide bonds. The molecular weight excluding hydrogens is 1460 g/mol. The van der Waals surface area contributed by atoms with Gasteiger partial charge in [0, 0.05) is 51.4 Å². The van der Waals surface area contributed by atoms with E-state index in [1.54, 1.807) is 127 Å². The molecule has 32 heteroatoms. The van der Waals surface area contributed by atoms with Crippen molar-refractivity contribution in [1.82, 2.24) is 70.3 Å². The summed E-state index contributed by atoms with van der Waals surface area (Å²) in [5.41, 5.74) is 11.3. The van der Waals surface area contributed by atoms with E-state index in [9.17, 15) is 42.1 Å². The third-order valence-electron chi connectivity index (χ3n) is 15.8. The van der Waals surface area contributed by atoms with Gasteiger partial charge in [-0.25, -0.2) is 57.0 Å². The average Bonchev–Trinajstić information content (AvgIpc) is 1.61. The highest BCUT2D eigenvalue weighted by Crippen LogP contribution is 2.35. The third kappa shape index (κ3) is 22.4. The fourth-order valence-electron chi connectivity index (χ4n) is 9.68. The summed E-state index contributed by atoms with van der Waals surface area (Å²) in [5.74, 6) is 0.738. The SMILES string of the molecule is Cc1ccc(CS(=O)(=O)C2=C3C=CC(C(C)C)=CC3C=N2)nn1.Cc1ccc(CS(=O)(=O)c2ccc(C(C)C)nc2)nn1.Cc1ccc(CS(=O)(=O)c2csc(C(C)C)c2)nn1.Cc1ccc(CS(=O)(=O)c2nc(C(C)C)cs2)nn1.Cc1ccc(CS(=O)(=O)c2ncn3cc(C(C)C)ccc23)nn1. The van der Waals surface area contributed by atoms with E-state index in [1.807, 2.05) is 79.8 Å². The Morgan fingerprint density at radius 2 is 0.904 bits per heavy atom. The lowest BCUT2D eigenvalue weighted by atomic mass is 9.89. The van der Waals surface area contributed by atoms with Gasteiger partial charge in [0.05, 0.1) is 89.4 Å². The molecule has 0 bridgehead atoms. The fourth-order valence-corrected chi connectivity index (χ4v) is 18.9. The first-order valence-corrected chi connectivity index (χ1v) is 43.1. The highest BCUT2D eigenvalue weighted by Gasteiger charge is 2.31. The maximum Gasteiger partial charge on any atom is 0.211 e. The lowest BCUT2D eigenvalue weighted by molar-refractivity contribution is 0.590. The summed E-state index contributed by atoms with van der Waals surface area (Å²) in [4.78, 5) is 18.3. The van der Waals surface area contributed by atoms with Gasteiger partial charge in [-0.15, -0.1) is 22.7 Å². The molecule has 11 heterocycles. The Kier molecular flexibility index (Phi) is 27.1. The van der Waals surface area contributed by atoms with Crippen molar-refractivity contribution < 1.29 is 42.1 Å². The molecule has 1 unspecified atom stereocenters. The second kappa shape index (κ2) is 34.9. The number of aliphatic imine (C=N–C) groups is 1. The number of hydrogen-bond acceptors (Lipinski definition) is 26. The molecule has 550 valence electrons. The van der Waals surface area contributed by atoms with Crippen molar-refractivity contribution in [1.29, 1.82) is 0 Å². The van der Waals surface area contributed by atoms with E-state index >= 15 is 0 Å². The van der Waals surface area contributed by atoms with Gasteiger partial charge in [0.1, 0.15) is 23.6 Å². The molecule has 0 spiro atoms. The average molecular weight is 1550 g/mol. The van der Waals surface area contributed by atoms with Crippen LogP contribution in [0.1, 0.15) is 172 Å². The van der Waals surface area contributed by atoms with Crippen LogP contribution in [0.4, 0.5) is 0 Å². The van der Waals surface area contributed by atoms with Crippen LogP contribution in [-0.4, -0.2) is 119 Å². The van der Waals surface area contributed by atoms with Crippen molar-refractivity contribution in [3.63, 3.8) is 0 Å². The number of sulfone groups is 5. The molecule has 0 saturated heterocycles. The van der Waals surface area contributed by atoms with Crippen LogP contribution in [0.25, 0.3) is 5.52 Å². The zero-order chi connectivity index (χ0) is 76.1. The van der Waals surface area contributed by atoms with Gasteiger partial charge >= 0.3 is 0 Å². The summed E-state index contributed by atoms with van der Waals surface area (Å²) in [5, 5.41) is 42.7. The summed E-state index contributed by atoms with van der Waals surface area (Å²) < 4.78 is 126. The molecule has 0 N–H and O–H groups in total. The van der Waals surface area contributed by atoms with Gasteiger partial charge in [0.25, 0.3) is 0 Å². The standard InChI is InChI=1S/C17H19N3O2S.C16H18N4O2S.C14H17N3O2S.C13H16N2O2S2.C12H15N3O2S2/c1-11(2)13-5-7-16-14(8-13)9-18-17(16)23(21,22)10-15-6-4-12(3)19-20-15;1-11(2)13-5-7-15-16(17-10-20(15)8-13)23(21,22)9-14-6-4-12(3)18-19-14;1-10(2)14-7-6-13(8-15-14)20(18,19)9-12-5-4-11(3)16-17-12;1-9(2)13-6-12(7-18-13)19(16,17)8-11-5-4-10(3)14-15-11;1-8(2)11-6-18-12(13-11)19(16,17)7-10-5-4-9(3)14-15-10/h4-9,11,14H,10H2,1-3H3;4-8,10-11H,9H2,1-3H3;4-8,10H,9H2,1-3H3;4-7,9H,8H2,1-3H3;4-6,8H,7H2,1-3H3. The molecule has 0 fully saturated rings. The molecule has 0 radical (unpaired) electrons. The number of thiazole rings is 1. The quantitative estimate of drug-likeness (QED) is 0.0684. The molecule has 104 heavy (non-hydrogen) atoms. The molecule has 0 aromatic carbocycles. The maximum absolute atomic E-state index is 12.7. The second-order valence-corrected chi connectivity index (χ2v) is 38.2. The first kappa shape index (κ1) is 80.9. The maximum atomic E-state index is 12.7. The fraction of sp³-hybridized carbons (Fsp3) is 0.361. The van der Waals surface area contributed by atoms with Crippen molar-refractivity contribution in [3.05, 3.63) is 234 Å². The number of fused-ring (bicyclic) bond motifs is 2. The minimum atomic E-state index is -3.58. The Hall–Kier alpha value is -8.79. The van der Waals surface area contributed by atoms with E-state index in [2.05, 4.69) is 105 Å². The largest absolute Gasteiger partial charge is 0.305 e. The molecule has 10 aromatic rings. The molecule has 1 aliphatic heterocycles. The van der Waals surface area contributed by atoms with Gasteiger partial charge in [-0.3, -0.25) is 4.98 Å². The number of nitrogens with zero attached hydrogens (tertiary/aromatic N) is 15. The smallest absolute Gasteiger partial charge is 0.211 e. The zero-order valence-corrected chi connectivity index (χ0v) is 66.2. The Bertz CT molecular complexity index is 5210. The predicted octanol–water partition coefficient (Wildman–Crippen LogP) is 12.9. The molecule has 1 atom stereocenters. The van der Waals surface area contributed by atoms with E-state index in [0.717, 1.165) is 67.2 Å². The van der Waals surface area contributed by atoms with Crippen LogP contribution >= 0.6 is 22.7 Å². The summed E-state index contributed by atoms with van der Waals surface area (Å²) in [6.45, 7) is 29.5. The normalized spacial score (nSPS) is 13.8. The van der Waals surface area contributed by atoms with Crippen LogP contribution in [-0.2, 0) is 78.0 Å². The van der Waals surface area contributed by atoms with Crippen LogP contribution in [0.5, 0.6) is 0 Å². The highest BCUT2D eigenvalue weighted by molar-refractivity contribution is 7.94. The molecule has 25 nitrogen and oxygen atoms in total. The predicted molar refractivity (Wildman–Crippen MR) is 403 cm³/mol. The van der Waals surface area contributed by atoms with E-state index < -0.39 is 49.2 Å². The van der Waals surface area contributed by atoms with Crippen LogP contribution < -0.4 is 0 Å². The number of aromatic nitrogens is 14. The van der Waals surface area contributed by atoms with Gasteiger partial charge in [-0.1, -0.05) is 93.5 Å². The third-order valence-corrected chi connectivity index (χ3v) is 26.6. The molecule has 12 rings (SSSR count). The molecular formula is C72H85N15O10S7. The first-order chi connectivity index (χ1) is 48.9. The zero-order valence-electron chi connectivity index (χ0n) is 60.5. The summed E-state index contributed by atoms with van der Waals surface area (Å²) >= 11 is 2.64. The van der Waals surface area contributed by atoms with Crippen LogP contribution in [0.15, 0.2) is 179 Å². The lowest BCUT2D eigenvalue weighted by Crippen LogP contribution is -2.11. The topological polar surface area (TPSA) is 355 Å². The molecule has 1 aliphatic carbocycles. The monoisotopic (exact) mass is 1540 g/mol. The van der Waals surface area contributed by atoms with Gasteiger partial charge in [-0.05, 0) is 160 Å². The van der Waals surface area contributed by atoms with Crippen molar-refractivity contribution in [2.75, 3.05) is 0 Å². The van der Waals surface area contributed by atoms with E-state index in [1.165, 1.54) is 29.4 Å². The number of imidazole rings is 1. The molecule has 2 aliphatic rings. The Morgan fingerprint density at radius 3 is 1.32 bits per heavy atom. The minimum absolute atomic E-state index is 0.0497. The van der Waals surface area contributed by atoms with E-state index in [0.29, 0.717) is 56.6 Å². The van der Waals surface area contributed by atoms with E-state index in [4.69, 9.17) is 0 Å². The number of thiophene rings is 1. The lowest BCUT2D eigenvalue weighted by Gasteiger charge is -2.16. The minimum Gasteiger partial charge on any atom is -0.305 e. The summed E-state index contributed by atoms with van der Waals surface area (Å²) in [6, 6.07) is 26.0. The van der Waals surface area contributed by atoms with Gasteiger partial charge in [-0.2, -0.15) is 51.0 Å². The molecule has 0 saturated carbocycles. The number of hydrogen-bond donors (Lipinski definition) is 0. The van der Waals surface area contributed by atoms with E-state index in [-0.39, 0.29) is 65.8 Å². The number of aryl methyl sites for hydroxylation is 5. The number of pyridine rings is 2. The van der Waals surface area contributed by atoms with Crippen LogP contribution in [0.3, 0.4) is 0 Å². The Balaban J connectivity index is 0.000000165. The van der Waals surface area contributed by atoms with Crippen molar-refractivity contribution in [2.24, 2.45) is 16.8 Å². The Morgan fingerprint density at radius 1 is 0.433 bits per heavy atom. The second-order valence-electron chi connectivity index (χ2n) is 26.4. The van der Waals surface area contributed by atoms with Crippen molar-refractivity contribution in [3.8, 4) is 0 Å². The van der Waals surface area contributed by atoms with Crippen molar-refractivity contribution in [2.45, 2.75) is 175 Å².